The Morgan fingerprint density at radius 2 is 2.06 bits per heavy atom. The Labute approximate surface area is 210 Å². The molecule has 1 fully saturated rings. The second kappa shape index (κ2) is 10.6. The molecule has 4 rings (SSSR count). The number of carbonyl (C=O) groups excluding carboxylic acids is 1. The zero-order valence-electron chi connectivity index (χ0n) is 17.9. The normalized spacial score (nSPS) is 18.3. The van der Waals surface area contributed by atoms with Gasteiger partial charge in [-0.05, 0) is 50.1 Å². The summed E-state index contributed by atoms with van der Waals surface area (Å²) >= 11 is 14.5. The Hall–Kier alpha value is -1.27. The third-order valence-electron chi connectivity index (χ3n) is 5.39. The first kappa shape index (κ1) is 24.8. The minimum atomic E-state index is -3.69. The van der Waals surface area contributed by atoms with Gasteiger partial charge in [0.1, 0.15) is 4.21 Å². The smallest absolute Gasteiger partial charge is 0.252 e. The van der Waals surface area contributed by atoms with Gasteiger partial charge in [-0.2, -0.15) is 9.30 Å². The number of benzene rings is 1. The van der Waals surface area contributed by atoms with Crippen molar-refractivity contribution < 1.29 is 17.9 Å². The lowest BCUT2D eigenvalue weighted by Gasteiger charge is -2.29. The number of thiophene rings is 1. The molecule has 0 N–H and O–H groups in total. The minimum absolute atomic E-state index is 0.107. The quantitative estimate of drug-likeness (QED) is 0.403. The van der Waals surface area contributed by atoms with Crippen molar-refractivity contribution in [1.29, 1.82) is 0 Å². The highest BCUT2D eigenvalue weighted by Crippen LogP contribution is 2.31. The van der Waals surface area contributed by atoms with Crippen LogP contribution in [0.1, 0.15) is 19.8 Å². The van der Waals surface area contributed by atoms with Crippen molar-refractivity contribution in [3.63, 3.8) is 0 Å². The van der Waals surface area contributed by atoms with Crippen LogP contribution in [0.2, 0.25) is 9.36 Å². The number of fused-ring (bicyclic) bond motifs is 1. The van der Waals surface area contributed by atoms with E-state index < -0.39 is 15.9 Å². The molecule has 0 spiro atoms. The van der Waals surface area contributed by atoms with E-state index in [4.69, 9.17) is 27.9 Å². The van der Waals surface area contributed by atoms with Crippen LogP contribution in [0.3, 0.4) is 0 Å². The molecule has 0 radical (unpaired) electrons. The molecule has 178 valence electrons. The van der Waals surface area contributed by atoms with Crippen molar-refractivity contribution in [3.05, 3.63) is 44.5 Å². The maximum atomic E-state index is 13.1. The van der Waals surface area contributed by atoms with Crippen LogP contribution in [0.15, 0.2) is 39.5 Å². The summed E-state index contributed by atoms with van der Waals surface area (Å²) in [5.74, 6) is -0.819. The van der Waals surface area contributed by atoms with E-state index in [1.807, 2.05) is 23.6 Å². The number of halogens is 2. The molecule has 3 heterocycles. The van der Waals surface area contributed by atoms with E-state index in [0.29, 0.717) is 53.3 Å². The molecule has 2 aromatic heterocycles. The zero-order chi connectivity index (χ0) is 23.6. The van der Waals surface area contributed by atoms with Gasteiger partial charge in [0, 0.05) is 31.3 Å². The number of nitrogens with zero attached hydrogens (tertiary/aromatic N) is 3. The van der Waals surface area contributed by atoms with Gasteiger partial charge in [-0.1, -0.05) is 34.5 Å². The van der Waals surface area contributed by atoms with Crippen LogP contribution in [0.4, 0.5) is 0 Å². The molecule has 7 nitrogen and oxygen atoms in total. The Balaban J connectivity index is 1.61. The van der Waals surface area contributed by atoms with Gasteiger partial charge in [-0.15, -0.1) is 11.3 Å². The van der Waals surface area contributed by atoms with Gasteiger partial charge >= 0.3 is 0 Å². The lowest BCUT2D eigenvalue weighted by Crippen LogP contribution is -2.42. The Bertz CT molecular complexity index is 1330. The lowest BCUT2D eigenvalue weighted by atomic mass is 9.99. The van der Waals surface area contributed by atoms with Crippen LogP contribution in [-0.4, -0.2) is 49.5 Å². The van der Waals surface area contributed by atoms with Gasteiger partial charge in [0.2, 0.25) is 0 Å². The molecule has 33 heavy (non-hydrogen) atoms. The molecule has 1 atom stereocenters. The highest BCUT2D eigenvalue weighted by molar-refractivity contribution is 7.91. The average molecular weight is 549 g/mol. The van der Waals surface area contributed by atoms with E-state index >= 15 is 0 Å². The van der Waals surface area contributed by atoms with Gasteiger partial charge < -0.3 is 9.30 Å². The van der Waals surface area contributed by atoms with E-state index in [1.165, 1.54) is 21.7 Å². The molecule has 3 aromatic rings. The Kier molecular flexibility index (Phi) is 7.95. The highest BCUT2D eigenvalue weighted by atomic mass is 35.5. The molecule has 0 bridgehead atoms. The summed E-state index contributed by atoms with van der Waals surface area (Å²) in [6.07, 6.45) is 1.19. The van der Waals surface area contributed by atoms with Gasteiger partial charge in [0.25, 0.3) is 15.9 Å². The number of piperidine rings is 1. The van der Waals surface area contributed by atoms with Crippen LogP contribution < -0.4 is 4.80 Å². The number of hydrogen-bond acceptors (Lipinski definition) is 6. The molecule has 1 amide bonds. The summed E-state index contributed by atoms with van der Waals surface area (Å²) in [6, 6.07) is 8.63. The summed E-state index contributed by atoms with van der Waals surface area (Å²) in [7, 11) is -3.69. The second-order valence-corrected chi connectivity index (χ2v) is 12.9. The summed E-state index contributed by atoms with van der Waals surface area (Å²) in [4.78, 5) is 18.1. The van der Waals surface area contributed by atoms with Crippen molar-refractivity contribution in [1.82, 2.24) is 8.87 Å². The topological polar surface area (TPSA) is 81.0 Å². The van der Waals surface area contributed by atoms with Crippen LogP contribution in [0.5, 0.6) is 0 Å². The third-order valence-corrected chi connectivity index (χ3v) is 10.2. The van der Waals surface area contributed by atoms with Crippen LogP contribution in [0.25, 0.3) is 10.2 Å². The number of carbonyl (C=O) groups is 1. The number of thiazole rings is 1. The maximum Gasteiger partial charge on any atom is 0.252 e. The SMILES string of the molecule is CCOCCn1c(=NC(=O)C2CCCN(S(=O)(=O)c3ccc(Cl)s3)C2)sc2cc(Cl)ccc21. The van der Waals surface area contributed by atoms with Crippen molar-refractivity contribution in [2.45, 2.75) is 30.5 Å². The number of amides is 1. The van der Waals surface area contributed by atoms with Gasteiger partial charge in [-0.25, -0.2) is 8.42 Å². The van der Waals surface area contributed by atoms with Gasteiger partial charge in [-0.3, -0.25) is 4.79 Å². The van der Waals surface area contributed by atoms with Crippen LogP contribution >= 0.6 is 45.9 Å². The molecule has 1 aliphatic heterocycles. The van der Waals surface area contributed by atoms with Crippen molar-refractivity contribution in [3.8, 4) is 0 Å². The Morgan fingerprint density at radius 1 is 1.24 bits per heavy atom. The predicted octanol–water partition coefficient (Wildman–Crippen LogP) is 4.64. The first-order valence-electron chi connectivity index (χ1n) is 10.5. The summed E-state index contributed by atoms with van der Waals surface area (Å²) in [5, 5.41) is 0.611. The number of aromatic nitrogens is 1. The van der Waals surface area contributed by atoms with E-state index in [2.05, 4.69) is 4.99 Å². The van der Waals surface area contributed by atoms with Crippen molar-refractivity contribution >= 4 is 72.0 Å². The molecule has 0 aliphatic carbocycles. The predicted molar refractivity (Wildman–Crippen MR) is 133 cm³/mol. The van der Waals surface area contributed by atoms with Crippen LogP contribution in [0, 0.1) is 5.92 Å². The second-order valence-electron chi connectivity index (χ2n) is 7.56. The standard InChI is InChI=1S/C21H23Cl2N3O4S3/c1-2-30-11-10-26-16-6-5-15(22)12-17(16)31-21(26)24-20(27)14-4-3-9-25(13-14)33(28,29)19-8-7-18(23)32-19/h5-8,12,14H,2-4,9-11,13H2,1H3. The monoisotopic (exact) mass is 547 g/mol. The first-order valence-corrected chi connectivity index (χ1v) is 14.3. The largest absolute Gasteiger partial charge is 0.380 e. The first-order chi connectivity index (χ1) is 15.8. The van der Waals surface area contributed by atoms with Gasteiger partial charge in [0.15, 0.2) is 4.80 Å². The Morgan fingerprint density at radius 3 is 2.79 bits per heavy atom. The minimum Gasteiger partial charge on any atom is -0.380 e. The highest BCUT2D eigenvalue weighted by Gasteiger charge is 2.34. The molecule has 12 heteroatoms. The van der Waals surface area contributed by atoms with E-state index in [-0.39, 0.29) is 16.7 Å². The lowest BCUT2D eigenvalue weighted by molar-refractivity contribution is -0.122. The fourth-order valence-electron chi connectivity index (χ4n) is 3.76. The van der Waals surface area contributed by atoms with Crippen LogP contribution in [-0.2, 0) is 26.1 Å². The fourth-order valence-corrected chi connectivity index (χ4v) is 8.26. The number of ether oxygens (including phenoxy) is 1. The average Bonchev–Trinajstić information content (AvgIpc) is 3.37. The van der Waals surface area contributed by atoms with Gasteiger partial charge in [0.05, 0.1) is 27.1 Å². The van der Waals surface area contributed by atoms with Crippen molar-refractivity contribution in [2.75, 3.05) is 26.3 Å². The summed E-state index contributed by atoms with van der Waals surface area (Å²) in [6.45, 7) is 4.05. The fraction of sp³-hybridized carbons (Fsp3) is 0.429. The molecular weight excluding hydrogens is 525 g/mol. The number of rotatable bonds is 7. The van der Waals surface area contributed by atoms with E-state index in [1.54, 1.807) is 12.1 Å². The molecule has 1 aromatic carbocycles. The summed E-state index contributed by atoms with van der Waals surface area (Å²) in [5.41, 5.74) is 0.929. The van der Waals surface area contributed by atoms with Crippen molar-refractivity contribution in [2.24, 2.45) is 10.9 Å². The maximum absolute atomic E-state index is 13.1. The molecule has 1 aliphatic rings. The molecule has 1 unspecified atom stereocenters. The summed E-state index contributed by atoms with van der Waals surface area (Å²) < 4.78 is 36.3. The number of hydrogen-bond donors (Lipinski definition) is 0. The number of sulfonamides is 1. The zero-order valence-corrected chi connectivity index (χ0v) is 21.8. The van der Waals surface area contributed by atoms with E-state index in [0.717, 1.165) is 21.6 Å². The molecular formula is C21H23Cl2N3O4S3. The van der Waals surface area contributed by atoms with E-state index in [9.17, 15) is 13.2 Å². The molecule has 1 saturated heterocycles. The molecule has 0 saturated carbocycles. The third kappa shape index (κ3) is 5.53.